The van der Waals surface area contributed by atoms with Crippen LogP contribution in [-0.4, -0.2) is 12.8 Å². The summed E-state index contributed by atoms with van der Waals surface area (Å²) >= 11 is 6.17. The maximum Gasteiger partial charge on any atom is 0.513 e. The molecular formula is C22H21ClO6. The Hall–Kier alpha value is -2.99. The first-order valence-corrected chi connectivity index (χ1v) is 9.61. The molecule has 152 valence electrons. The van der Waals surface area contributed by atoms with Crippen molar-refractivity contribution in [2.75, 3.05) is 6.61 Å². The first-order valence-electron chi connectivity index (χ1n) is 9.23. The fraction of sp³-hybridized carbons (Fsp3) is 0.273. The highest BCUT2D eigenvalue weighted by atomic mass is 35.5. The predicted molar refractivity (Wildman–Crippen MR) is 110 cm³/mol. The van der Waals surface area contributed by atoms with Crippen LogP contribution in [0.25, 0.3) is 11.0 Å². The average Bonchev–Trinajstić information content (AvgIpc) is 2.68. The molecule has 3 aromatic rings. The quantitative estimate of drug-likeness (QED) is 0.271. The fourth-order valence-corrected chi connectivity index (χ4v) is 2.85. The summed E-state index contributed by atoms with van der Waals surface area (Å²) in [5.74, 6) is 0.761. The van der Waals surface area contributed by atoms with Crippen LogP contribution in [-0.2, 0) is 4.74 Å². The van der Waals surface area contributed by atoms with Crippen LogP contribution in [0.4, 0.5) is 4.79 Å². The van der Waals surface area contributed by atoms with Gasteiger partial charge >= 0.3 is 6.16 Å². The Morgan fingerprint density at radius 3 is 2.52 bits per heavy atom. The third-order valence-corrected chi connectivity index (χ3v) is 4.87. The normalized spacial score (nSPS) is 10.8. The molecule has 0 unspecified atom stereocenters. The first-order chi connectivity index (χ1) is 13.9. The van der Waals surface area contributed by atoms with Crippen molar-refractivity contribution in [3.05, 3.63) is 63.0 Å². The van der Waals surface area contributed by atoms with Crippen LogP contribution in [0.2, 0.25) is 5.02 Å². The van der Waals surface area contributed by atoms with Gasteiger partial charge in [0.05, 0.1) is 12.0 Å². The monoisotopic (exact) mass is 416 g/mol. The van der Waals surface area contributed by atoms with Crippen LogP contribution in [0.1, 0.15) is 30.9 Å². The van der Waals surface area contributed by atoms with Gasteiger partial charge in [-0.05, 0) is 55.7 Å². The second-order valence-electron chi connectivity index (χ2n) is 6.61. The number of aryl methyl sites for hydroxylation is 2. The van der Waals surface area contributed by atoms with Crippen LogP contribution >= 0.6 is 11.6 Å². The van der Waals surface area contributed by atoms with E-state index in [-0.39, 0.29) is 22.5 Å². The maximum absolute atomic E-state index is 12.7. The molecule has 0 N–H and O–H groups in total. The molecule has 3 rings (SSSR count). The van der Waals surface area contributed by atoms with Gasteiger partial charge in [-0.1, -0.05) is 24.9 Å². The van der Waals surface area contributed by atoms with Crippen LogP contribution in [0.15, 0.2) is 45.8 Å². The zero-order chi connectivity index (χ0) is 21.0. The Morgan fingerprint density at radius 1 is 1.10 bits per heavy atom. The lowest BCUT2D eigenvalue weighted by Crippen LogP contribution is -2.11. The van der Waals surface area contributed by atoms with E-state index in [0.29, 0.717) is 22.8 Å². The van der Waals surface area contributed by atoms with Gasteiger partial charge in [-0.2, -0.15) is 0 Å². The molecule has 2 aromatic carbocycles. The van der Waals surface area contributed by atoms with E-state index in [4.69, 9.17) is 30.2 Å². The van der Waals surface area contributed by atoms with Crippen LogP contribution in [0.5, 0.6) is 17.2 Å². The minimum Gasteiger partial charge on any atom is -0.460 e. The van der Waals surface area contributed by atoms with E-state index in [9.17, 15) is 9.59 Å². The van der Waals surface area contributed by atoms with Crippen LogP contribution in [0, 0.1) is 13.8 Å². The molecule has 0 amide bonds. The number of benzene rings is 2. The summed E-state index contributed by atoms with van der Waals surface area (Å²) in [5.41, 5.74) is 1.62. The fourth-order valence-electron chi connectivity index (χ4n) is 2.74. The molecule has 0 aliphatic carbocycles. The van der Waals surface area contributed by atoms with E-state index in [2.05, 4.69) is 0 Å². The number of carbonyl (C=O) groups is 1. The van der Waals surface area contributed by atoms with Crippen molar-refractivity contribution in [2.24, 2.45) is 0 Å². The molecule has 0 saturated carbocycles. The number of hydrogen-bond acceptors (Lipinski definition) is 6. The summed E-state index contributed by atoms with van der Waals surface area (Å²) in [6, 6.07) is 7.97. The number of rotatable bonds is 6. The number of ether oxygens (including phenoxy) is 3. The van der Waals surface area contributed by atoms with E-state index in [1.165, 1.54) is 24.5 Å². The molecule has 0 spiro atoms. The highest BCUT2D eigenvalue weighted by Gasteiger charge is 2.13. The van der Waals surface area contributed by atoms with Gasteiger partial charge in [0.2, 0.25) is 11.2 Å². The van der Waals surface area contributed by atoms with E-state index in [1.54, 1.807) is 12.1 Å². The van der Waals surface area contributed by atoms with Gasteiger partial charge in [0.1, 0.15) is 23.3 Å². The van der Waals surface area contributed by atoms with Gasteiger partial charge in [-0.25, -0.2) is 4.79 Å². The summed E-state index contributed by atoms with van der Waals surface area (Å²) in [5, 5.41) is 0.959. The van der Waals surface area contributed by atoms with E-state index < -0.39 is 6.16 Å². The first kappa shape index (κ1) is 20.7. The van der Waals surface area contributed by atoms with Crippen molar-refractivity contribution in [3.63, 3.8) is 0 Å². The van der Waals surface area contributed by atoms with E-state index in [1.807, 2.05) is 20.8 Å². The standard InChI is InChI=1S/C22H21ClO6/c1-4-5-8-26-22(25)29-15-6-7-17-18(11-15)27-12-19(21(17)24)28-16-9-13(2)20(23)14(3)10-16/h6-7,9-12H,4-5,8H2,1-3H3. The molecule has 0 aliphatic heterocycles. The summed E-state index contributed by atoms with van der Waals surface area (Å²) in [6.07, 6.45) is 2.10. The molecule has 0 aliphatic rings. The van der Waals surface area contributed by atoms with E-state index in [0.717, 1.165) is 24.0 Å². The molecule has 0 bridgehead atoms. The van der Waals surface area contributed by atoms with Crippen molar-refractivity contribution in [1.82, 2.24) is 0 Å². The summed E-state index contributed by atoms with van der Waals surface area (Å²) < 4.78 is 21.3. The molecule has 0 fully saturated rings. The van der Waals surface area contributed by atoms with Gasteiger partial charge in [0.15, 0.2) is 0 Å². The van der Waals surface area contributed by atoms with Crippen molar-refractivity contribution < 1.29 is 23.4 Å². The van der Waals surface area contributed by atoms with Gasteiger partial charge in [0.25, 0.3) is 0 Å². The Morgan fingerprint density at radius 2 is 1.83 bits per heavy atom. The molecule has 29 heavy (non-hydrogen) atoms. The summed E-state index contributed by atoms with van der Waals surface area (Å²) in [4.78, 5) is 24.4. The molecule has 1 aromatic heterocycles. The lowest BCUT2D eigenvalue weighted by atomic mass is 10.1. The molecule has 6 nitrogen and oxygen atoms in total. The highest BCUT2D eigenvalue weighted by molar-refractivity contribution is 6.32. The van der Waals surface area contributed by atoms with Crippen molar-refractivity contribution in [1.29, 1.82) is 0 Å². The number of hydrogen-bond donors (Lipinski definition) is 0. The highest BCUT2D eigenvalue weighted by Crippen LogP contribution is 2.29. The number of halogens is 1. The third-order valence-electron chi connectivity index (χ3n) is 4.27. The second-order valence-corrected chi connectivity index (χ2v) is 6.99. The van der Waals surface area contributed by atoms with Gasteiger partial charge in [-0.3, -0.25) is 4.79 Å². The van der Waals surface area contributed by atoms with Gasteiger partial charge in [-0.15, -0.1) is 0 Å². The molecule has 0 saturated heterocycles. The zero-order valence-corrected chi connectivity index (χ0v) is 17.2. The minimum atomic E-state index is -0.798. The zero-order valence-electron chi connectivity index (χ0n) is 16.4. The number of unbranched alkanes of at least 4 members (excludes halogenated alkanes) is 1. The van der Waals surface area contributed by atoms with Crippen LogP contribution < -0.4 is 14.9 Å². The Bertz CT molecular complexity index is 1080. The van der Waals surface area contributed by atoms with Crippen molar-refractivity contribution in [2.45, 2.75) is 33.6 Å². The molecular weight excluding hydrogens is 396 g/mol. The SMILES string of the molecule is CCCCOC(=O)Oc1ccc2c(=O)c(Oc3cc(C)c(Cl)c(C)c3)coc2c1. The van der Waals surface area contributed by atoms with E-state index >= 15 is 0 Å². The van der Waals surface area contributed by atoms with Gasteiger partial charge in [0, 0.05) is 11.1 Å². The molecule has 0 atom stereocenters. The molecule has 7 heteroatoms. The molecule has 0 radical (unpaired) electrons. The predicted octanol–water partition coefficient (Wildman–Crippen LogP) is 6.17. The second kappa shape index (κ2) is 9.01. The molecule has 1 heterocycles. The lowest BCUT2D eigenvalue weighted by Gasteiger charge is -2.10. The largest absolute Gasteiger partial charge is 0.513 e. The topological polar surface area (TPSA) is 75.0 Å². The number of carbonyl (C=O) groups excluding carboxylic acids is 1. The average molecular weight is 417 g/mol. The summed E-state index contributed by atoms with van der Waals surface area (Å²) in [6.45, 7) is 6.01. The Balaban J connectivity index is 1.81. The summed E-state index contributed by atoms with van der Waals surface area (Å²) in [7, 11) is 0. The third kappa shape index (κ3) is 4.90. The smallest absolute Gasteiger partial charge is 0.460 e. The van der Waals surface area contributed by atoms with Crippen LogP contribution in [0.3, 0.4) is 0 Å². The maximum atomic E-state index is 12.7. The number of fused-ring (bicyclic) bond motifs is 1. The lowest BCUT2D eigenvalue weighted by molar-refractivity contribution is 0.0978. The van der Waals surface area contributed by atoms with Crippen molar-refractivity contribution in [3.8, 4) is 17.2 Å². The van der Waals surface area contributed by atoms with Crippen molar-refractivity contribution >= 4 is 28.7 Å². The Kier molecular flexibility index (Phi) is 6.44. The Labute approximate surface area is 172 Å². The minimum absolute atomic E-state index is 0.0475. The van der Waals surface area contributed by atoms with Gasteiger partial charge < -0.3 is 18.6 Å².